The van der Waals surface area contributed by atoms with E-state index in [9.17, 15) is 14.4 Å². The van der Waals surface area contributed by atoms with E-state index >= 15 is 0 Å². The summed E-state index contributed by atoms with van der Waals surface area (Å²) in [4.78, 5) is 44.5. The zero-order valence-electron chi connectivity index (χ0n) is 16.6. The molecule has 162 valence electrons. The van der Waals surface area contributed by atoms with Gasteiger partial charge >= 0.3 is 4.87 Å². The minimum Gasteiger partial charge on any atom is -0.469 e. The average molecular weight is 485 g/mol. The van der Waals surface area contributed by atoms with Crippen LogP contribution in [0.2, 0.25) is 5.02 Å². The number of furan rings is 1. The average Bonchev–Trinajstić information content (AvgIpc) is 3.57. The lowest BCUT2D eigenvalue weighted by Gasteiger charge is -2.42. The quantitative estimate of drug-likeness (QED) is 0.546. The smallest absolute Gasteiger partial charge is 0.305 e. The van der Waals surface area contributed by atoms with Gasteiger partial charge in [-0.2, -0.15) is 0 Å². The van der Waals surface area contributed by atoms with Crippen molar-refractivity contribution < 1.29 is 14.0 Å². The monoisotopic (exact) mass is 484 g/mol. The molecule has 7 rings (SSSR count). The number of fused-ring (bicyclic) bond motifs is 9. The standard InChI is InChI=1S/C23H17ClN2O4S2/c24-9-3-5-10(6-4-9)26-21(27)15-11-8-12(16(15)22(26)28)18-14(11)17(13-2-1-7-30-13)19-20(31-18)25-23(29)32-19/h1-7,11-12,14-18H,8H2,(H,25,29)/t11-,12-,14-,15+,16-,17-,18-/m1/s1. The Morgan fingerprint density at radius 1 is 1.03 bits per heavy atom. The van der Waals surface area contributed by atoms with E-state index in [1.54, 1.807) is 42.3 Å². The zero-order chi connectivity index (χ0) is 21.7. The van der Waals surface area contributed by atoms with Crippen LogP contribution in [0, 0.1) is 29.6 Å². The number of aromatic amines is 1. The first-order valence-corrected chi connectivity index (χ1v) is 12.7. The number of imide groups is 1. The van der Waals surface area contributed by atoms with Gasteiger partial charge in [-0.05, 0) is 60.6 Å². The second kappa shape index (κ2) is 6.62. The van der Waals surface area contributed by atoms with Gasteiger partial charge in [0.1, 0.15) is 5.76 Å². The number of carbonyl (C=O) groups excluding carboxylic acids is 2. The van der Waals surface area contributed by atoms with Gasteiger partial charge in [-0.15, -0.1) is 11.8 Å². The predicted octanol–water partition coefficient (Wildman–Crippen LogP) is 4.36. The lowest BCUT2D eigenvalue weighted by molar-refractivity contribution is -0.123. The third kappa shape index (κ3) is 2.40. The molecule has 0 unspecified atom stereocenters. The van der Waals surface area contributed by atoms with E-state index in [-0.39, 0.29) is 57.4 Å². The molecule has 1 N–H and O–H groups in total. The van der Waals surface area contributed by atoms with Crippen LogP contribution in [0.25, 0.3) is 0 Å². The van der Waals surface area contributed by atoms with Crippen LogP contribution in [0.5, 0.6) is 0 Å². The lowest BCUT2D eigenvalue weighted by atomic mass is 9.69. The summed E-state index contributed by atoms with van der Waals surface area (Å²) in [5, 5.41) is 1.62. The summed E-state index contributed by atoms with van der Waals surface area (Å²) in [5.74, 6) is 0.252. The number of halogens is 1. The van der Waals surface area contributed by atoms with Crippen molar-refractivity contribution in [2.75, 3.05) is 4.90 Å². The number of benzene rings is 1. The highest BCUT2D eigenvalue weighted by Gasteiger charge is 2.70. The summed E-state index contributed by atoms with van der Waals surface area (Å²) >= 11 is 8.92. The van der Waals surface area contributed by atoms with Gasteiger partial charge in [0, 0.05) is 10.3 Å². The molecule has 32 heavy (non-hydrogen) atoms. The van der Waals surface area contributed by atoms with Crippen molar-refractivity contribution in [3.63, 3.8) is 0 Å². The van der Waals surface area contributed by atoms with E-state index in [1.807, 2.05) is 12.1 Å². The van der Waals surface area contributed by atoms with E-state index in [0.717, 1.165) is 22.1 Å². The van der Waals surface area contributed by atoms with Crippen molar-refractivity contribution in [1.29, 1.82) is 0 Å². The number of hydrogen-bond donors (Lipinski definition) is 1. The molecule has 2 aromatic heterocycles. The summed E-state index contributed by atoms with van der Waals surface area (Å²) in [7, 11) is 0. The maximum absolute atomic E-state index is 13.6. The number of carbonyl (C=O) groups is 2. The summed E-state index contributed by atoms with van der Waals surface area (Å²) in [6.07, 6.45) is 2.52. The molecule has 2 bridgehead atoms. The largest absolute Gasteiger partial charge is 0.469 e. The number of nitrogens with zero attached hydrogens (tertiary/aromatic N) is 1. The van der Waals surface area contributed by atoms with Crippen LogP contribution in [0.4, 0.5) is 5.69 Å². The molecule has 7 atom stereocenters. The normalized spacial score (nSPS) is 34.7. The van der Waals surface area contributed by atoms with Crippen LogP contribution < -0.4 is 9.77 Å². The van der Waals surface area contributed by atoms with Gasteiger partial charge < -0.3 is 9.40 Å². The second-order valence-corrected chi connectivity index (χ2v) is 11.6. The van der Waals surface area contributed by atoms with Gasteiger partial charge in [0.15, 0.2) is 0 Å². The van der Waals surface area contributed by atoms with Crippen LogP contribution in [-0.2, 0) is 9.59 Å². The Balaban J connectivity index is 1.32. The fraction of sp³-hybridized carbons (Fsp3) is 0.348. The molecule has 4 heterocycles. The number of thioether (sulfide) groups is 1. The van der Waals surface area contributed by atoms with Crippen molar-refractivity contribution in [2.45, 2.75) is 22.6 Å². The molecule has 9 heteroatoms. The molecular weight excluding hydrogens is 468 g/mol. The summed E-state index contributed by atoms with van der Waals surface area (Å²) < 4.78 is 5.82. The van der Waals surface area contributed by atoms with Crippen LogP contribution in [0.15, 0.2) is 56.9 Å². The van der Waals surface area contributed by atoms with Crippen molar-refractivity contribution in [3.8, 4) is 0 Å². The number of aromatic nitrogens is 1. The van der Waals surface area contributed by atoms with E-state index in [0.29, 0.717) is 10.7 Å². The molecule has 6 nitrogen and oxygen atoms in total. The summed E-state index contributed by atoms with van der Waals surface area (Å²) in [6.45, 7) is 0. The van der Waals surface area contributed by atoms with Crippen molar-refractivity contribution in [1.82, 2.24) is 4.98 Å². The fourth-order valence-electron chi connectivity index (χ4n) is 6.65. The molecule has 0 radical (unpaired) electrons. The molecule has 2 amide bonds. The van der Waals surface area contributed by atoms with E-state index in [1.165, 1.54) is 16.2 Å². The molecule has 3 aromatic rings. The minimum atomic E-state index is -0.320. The molecular formula is C23H17ClN2O4S2. The highest BCUT2D eigenvalue weighted by Crippen LogP contribution is 2.68. The molecule has 2 aliphatic heterocycles. The molecule has 2 aliphatic carbocycles. The Bertz CT molecular complexity index is 1310. The Labute approximate surface area is 195 Å². The van der Waals surface area contributed by atoms with Crippen molar-refractivity contribution >= 4 is 52.2 Å². The molecule has 1 saturated heterocycles. The Morgan fingerprint density at radius 3 is 2.50 bits per heavy atom. The number of anilines is 1. The van der Waals surface area contributed by atoms with Crippen LogP contribution >= 0.6 is 34.7 Å². The third-order valence-electron chi connectivity index (χ3n) is 7.66. The van der Waals surface area contributed by atoms with Gasteiger partial charge in [0.2, 0.25) is 11.8 Å². The number of amides is 2. The molecule has 0 spiro atoms. The zero-order valence-corrected chi connectivity index (χ0v) is 19.0. The molecule has 1 aromatic carbocycles. The Kier molecular flexibility index (Phi) is 3.97. The van der Waals surface area contributed by atoms with Gasteiger partial charge in [0.25, 0.3) is 0 Å². The van der Waals surface area contributed by atoms with Gasteiger partial charge in [-0.25, -0.2) is 0 Å². The highest BCUT2D eigenvalue weighted by molar-refractivity contribution is 8.00. The van der Waals surface area contributed by atoms with Crippen molar-refractivity contribution in [2.24, 2.45) is 29.6 Å². The number of thiazole rings is 1. The predicted molar refractivity (Wildman–Crippen MR) is 121 cm³/mol. The second-order valence-electron chi connectivity index (χ2n) is 8.96. The Morgan fingerprint density at radius 2 is 1.78 bits per heavy atom. The SMILES string of the molecule is O=C1[C@@H]2[C@H]3C[C@@H]([C@@H]2C(=O)N1c1ccc(Cl)cc1)[C@@H]1[C@@H](c2ccco2)c2sc(=O)[nH]c2S[C@H]31. The van der Waals surface area contributed by atoms with E-state index < -0.39 is 0 Å². The maximum Gasteiger partial charge on any atom is 0.305 e. The number of hydrogen-bond acceptors (Lipinski definition) is 6. The maximum atomic E-state index is 13.6. The van der Waals surface area contributed by atoms with Crippen molar-refractivity contribution in [3.05, 3.63) is 68.0 Å². The topological polar surface area (TPSA) is 83.4 Å². The molecule has 2 saturated carbocycles. The van der Waals surface area contributed by atoms with E-state index in [2.05, 4.69) is 4.98 Å². The summed E-state index contributed by atoms with van der Waals surface area (Å²) in [5.41, 5.74) is 0.583. The van der Waals surface area contributed by atoms with Gasteiger partial charge in [-0.3, -0.25) is 19.3 Å². The third-order valence-corrected chi connectivity index (χ3v) is 10.5. The summed E-state index contributed by atoms with van der Waals surface area (Å²) in [6, 6.07) is 10.7. The van der Waals surface area contributed by atoms with Gasteiger partial charge in [0.05, 0.1) is 39.6 Å². The van der Waals surface area contributed by atoms with Crippen LogP contribution in [0.1, 0.15) is 23.0 Å². The van der Waals surface area contributed by atoms with Crippen LogP contribution in [-0.4, -0.2) is 22.0 Å². The fourth-order valence-corrected chi connectivity index (χ4v) is 9.64. The van der Waals surface area contributed by atoms with E-state index in [4.69, 9.17) is 16.0 Å². The van der Waals surface area contributed by atoms with Gasteiger partial charge in [-0.1, -0.05) is 22.9 Å². The first-order chi connectivity index (χ1) is 15.5. The Hall–Kier alpha value is -2.29. The number of H-pyrrole nitrogens is 1. The molecule has 3 fully saturated rings. The first kappa shape index (κ1) is 19.2. The van der Waals surface area contributed by atoms with Crippen LogP contribution in [0.3, 0.4) is 0 Å². The lowest BCUT2D eigenvalue weighted by Crippen LogP contribution is -2.42. The molecule has 4 aliphatic rings. The highest BCUT2D eigenvalue weighted by atomic mass is 35.5. The number of rotatable bonds is 2. The number of nitrogens with one attached hydrogen (secondary N) is 1. The minimum absolute atomic E-state index is 0.0707. The first-order valence-electron chi connectivity index (χ1n) is 10.6.